The molecule has 0 radical (unpaired) electrons. The number of methoxy groups -OCH3 is 1. The number of amides is 2. The smallest absolute Gasteiger partial charge is 0.251 e. The number of carbonyl (C=O) groups is 2. The van der Waals surface area contributed by atoms with Crippen LogP contribution in [-0.4, -0.2) is 50.2 Å². The van der Waals surface area contributed by atoms with Crippen molar-refractivity contribution in [1.82, 2.24) is 15.6 Å². The summed E-state index contributed by atoms with van der Waals surface area (Å²) in [4.78, 5) is 28.6. The van der Waals surface area contributed by atoms with Crippen LogP contribution in [0.15, 0.2) is 54.6 Å². The maximum absolute atomic E-state index is 12.6. The summed E-state index contributed by atoms with van der Waals surface area (Å²) in [7, 11) is 1.56. The summed E-state index contributed by atoms with van der Waals surface area (Å²) in [5.74, 6) is 1.73. The zero-order valence-corrected chi connectivity index (χ0v) is 19.3. The SMILES string of the molecule is COc1nc(-c2cccc3c2OCCO3)ccc1Nc1cccc(C(=O)NCC2CNC(=O)C2)c1. The minimum Gasteiger partial charge on any atom is -0.486 e. The predicted molar refractivity (Wildman–Crippen MR) is 130 cm³/mol. The first kappa shape index (κ1) is 22.5. The molecule has 0 bridgehead atoms. The molecule has 2 amide bonds. The Morgan fingerprint density at radius 2 is 2.00 bits per heavy atom. The van der Waals surface area contributed by atoms with Crippen LogP contribution in [0.5, 0.6) is 17.4 Å². The van der Waals surface area contributed by atoms with Gasteiger partial charge in [-0.3, -0.25) is 9.59 Å². The summed E-state index contributed by atoms with van der Waals surface area (Å²) in [6, 6.07) is 16.6. The third-order valence-corrected chi connectivity index (χ3v) is 5.91. The van der Waals surface area contributed by atoms with E-state index in [1.807, 2.05) is 36.4 Å². The molecule has 0 aliphatic carbocycles. The van der Waals surface area contributed by atoms with Gasteiger partial charge in [0.15, 0.2) is 11.5 Å². The Kier molecular flexibility index (Phi) is 6.38. The first-order chi connectivity index (χ1) is 17.1. The Labute approximate surface area is 202 Å². The van der Waals surface area contributed by atoms with Gasteiger partial charge in [0.25, 0.3) is 5.91 Å². The number of nitrogens with one attached hydrogen (secondary N) is 3. The predicted octanol–water partition coefficient (Wildman–Crippen LogP) is 3.14. The summed E-state index contributed by atoms with van der Waals surface area (Å²) in [5.41, 5.74) is 3.42. The van der Waals surface area contributed by atoms with Gasteiger partial charge in [-0.15, -0.1) is 0 Å². The van der Waals surface area contributed by atoms with E-state index in [0.29, 0.717) is 67.0 Å². The van der Waals surface area contributed by atoms with Gasteiger partial charge in [0.05, 0.1) is 12.8 Å². The van der Waals surface area contributed by atoms with Crippen molar-refractivity contribution in [2.75, 3.05) is 38.7 Å². The van der Waals surface area contributed by atoms with Crippen LogP contribution in [0.25, 0.3) is 11.3 Å². The van der Waals surface area contributed by atoms with Crippen molar-refractivity contribution in [2.24, 2.45) is 5.92 Å². The highest BCUT2D eigenvalue weighted by molar-refractivity contribution is 5.95. The van der Waals surface area contributed by atoms with Crippen LogP contribution in [0.2, 0.25) is 0 Å². The molecule has 1 saturated heterocycles. The fraction of sp³-hybridized carbons (Fsp3) is 0.269. The molecule has 9 nitrogen and oxygen atoms in total. The number of aromatic nitrogens is 1. The number of rotatable bonds is 7. The molecule has 1 aromatic heterocycles. The number of para-hydroxylation sites is 1. The van der Waals surface area contributed by atoms with Crippen LogP contribution < -0.4 is 30.2 Å². The minimum atomic E-state index is -0.190. The van der Waals surface area contributed by atoms with Gasteiger partial charge in [-0.1, -0.05) is 12.1 Å². The van der Waals surface area contributed by atoms with Crippen LogP contribution in [0, 0.1) is 5.92 Å². The minimum absolute atomic E-state index is 0.0250. The Balaban J connectivity index is 1.31. The van der Waals surface area contributed by atoms with Crippen molar-refractivity contribution in [3.05, 3.63) is 60.2 Å². The zero-order valence-electron chi connectivity index (χ0n) is 19.3. The molecular weight excluding hydrogens is 448 g/mol. The molecule has 180 valence electrons. The topological polar surface area (TPSA) is 111 Å². The summed E-state index contributed by atoms with van der Waals surface area (Å²) < 4.78 is 17.0. The van der Waals surface area contributed by atoms with Crippen LogP contribution in [0.4, 0.5) is 11.4 Å². The molecule has 1 fully saturated rings. The second-order valence-electron chi connectivity index (χ2n) is 8.37. The van der Waals surface area contributed by atoms with E-state index >= 15 is 0 Å². The number of pyridine rings is 1. The highest BCUT2D eigenvalue weighted by Gasteiger charge is 2.22. The van der Waals surface area contributed by atoms with Crippen molar-refractivity contribution >= 4 is 23.2 Å². The average Bonchev–Trinajstić information content (AvgIpc) is 3.32. The highest BCUT2D eigenvalue weighted by atomic mass is 16.6. The van der Waals surface area contributed by atoms with E-state index in [-0.39, 0.29) is 17.7 Å². The lowest BCUT2D eigenvalue weighted by Gasteiger charge is -2.21. The molecule has 3 N–H and O–H groups in total. The first-order valence-electron chi connectivity index (χ1n) is 11.5. The molecule has 0 spiro atoms. The van der Waals surface area contributed by atoms with E-state index < -0.39 is 0 Å². The summed E-state index contributed by atoms with van der Waals surface area (Å²) in [5, 5.41) is 8.97. The molecular formula is C26H26N4O5. The van der Waals surface area contributed by atoms with Gasteiger partial charge >= 0.3 is 0 Å². The average molecular weight is 475 g/mol. The number of anilines is 2. The Morgan fingerprint density at radius 3 is 2.83 bits per heavy atom. The summed E-state index contributed by atoms with van der Waals surface area (Å²) >= 11 is 0. The first-order valence-corrected chi connectivity index (χ1v) is 11.5. The van der Waals surface area contributed by atoms with Crippen molar-refractivity contribution in [3.8, 4) is 28.6 Å². The number of hydrogen-bond acceptors (Lipinski definition) is 7. The molecule has 2 aliphatic heterocycles. The summed E-state index contributed by atoms with van der Waals surface area (Å²) in [6.45, 7) is 2.05. The van der Waals surface area contributed by atoms with Crippen LogP contribution in [0.3, 0.4) is 0 Å². The van der Waals surface area contributed by atoms with Gasteiger partial charge < -0.3 is 30.2 Å². The number of hydrogen-bond donors (Lipinski definition) is 3. The maximum Gasteiger partial charge on any atom is 0.251 e. The van der Waals surface area contributed by atoms with Crippen molar-refractivity contribution in [1.29, 1.82) is 0 Å². The Hall–Kier alpha value is -4.27. The molecule has 2 aromatic carbocycles. The van der Waals surface area contributed by atoms with Gasteiger partial charge in [-0.05, 0) is 42.5 Å². The van der Waals surface area contributed by atoms with E-state index in [4.69, 9.17) is 14.2 Å². The molecule has 2 aliphatic rings. The highest BCUT2D eigenvalue weighted by Crippen LogP contribution is 2.40. The zero-order chi connectivity index (χ0) is 24.2. The van der Waals surface area contributed by atoms with E-state index in [1.165, 1.54) is 0 Å². The third kappa shape index (κ3) is 4.98. The van der Waals surface area contributed by atoms with Crippen molar-refractivity contribution < 1.29 is 23.8 Å². The Bertz CT molecular complexity index is 1260. The number of carbonyl (C=O) groups excluding carboxylic acids is 2. The molecule has 0 saturated carbocycles. The Morgan fingerprint density at radius 1 is 1.14 bits per heavy atom. The van der Waals surface area contributed by atoms with Crippen molar-refractivity contribution in [3.63, 3.8) is 0 Å². The fourth-order valence-electron chi connectivity index (χ4n) is 4.16. The molecule has 1 unspecified atom stereocenters. The molecule has 1 atom stereocenters. The lowest BCUT2D eigenvalue weighted by molar-refractivity contribution is -0.119. The molecule has 9 heteroatoms. The maximum atomic E-state index is 12.6. The molecule has 35 heavy (non-hydrogen) atoms. The normalized spacial score (nSPS) is 16.4. The van der Waals surface area contributed by atoms with Gasteiger partial charge in [0.1, 0.15) is 18.9 Å². The molecule has 5 rings (SSSR count). The third-order valence-electron chi connectivity index (χ3n) is 5.91. The van der Waals surface area contributed by atoms with Gasteiger partial charge in [-0.2, -0.15) is 0 Å². The second kappa shape index (κ2) is 9.92. The molecule has 3 aromatic rings. The van der Waals surface area contributed by atoms with Gasteiger partial charge in [0, 0.05) is 42.2 Å². The number of nitrogens with zero attached hydrogens (tertiary/aromatic N) is 1. The quantitative estimate of drug-likeness (QED) is 0.482. The van der Waals surface area contributed by atoms with Crippen LogP contribution >= 0.6 is 0 Å². The number of fused-ring (bicyclic) bond motifs is 1. The standard InChI is InChI=1S/C26H26N4O5/c1-33-26-21(9-8-20(30-26)19-6-3-7-22-24(19)35-11-10-34-22)29-18-5-2-4-17(13-18)25(32)28-15-16-12-23(31)27-14-16/h2-9,13,16,29H,10-12,14-15H2,1H3,(H,27,31)(H,28,32). The lowest BCUT2D eigenvalue weighted by Crippen LogP contribution is -2.30. The van der Waals surface area contributed by atoms with Gasteiger partial charge in [-0.25, -0.2) is 4.98 Å². The van der Waals surface area contributed by atoms with E-state index in [0.717, 1.165) is 11.3 Å². The van der Waals surface area contributed by atoms with E-state index in [2.05, 4.69) is 20.9 Å². The second-order valence-corrected chi connectivity index (χ2v) is 8.37. The van der Waals surface area contributed by atoms with E-state index in [9.17, 15) is 9.59 Å². The summed E-state index contributed by atoms with van der Waals surface area (Å²) in [6.07, 6.45) is 0.440. The lowest BCUT2D eigenvalue weighted by atomic mass is 10.1. The number of ether oxygens (including phenoxy) is 3. The van der Waals surface area contributed by atoms with E-state index in [1.54, 1.807) is 25.3 Å². The van der Waals surface area contributed by atoms with Crippen molar-refractivity contribution in [2.45, 2.75) is 6.42 Å². The number of benzene rings is 2. The van der Waals surface area contributed by atoms with Crippen LogP contribution in [-0.2, 0) is 4.79 Å². The monoisotopic (exact) mass is 474 g/mol. The molecule has 3 heterocycles. The van der Waals surface area contributed by atoms with Crippen LogP contribution in [0.1, 0.15) is 16.8 Å². The van der Waals surface area contributed by atoms with Gasteiger partial charge in [0.2, 0.25) is 11.8 Å². The fourth-order valence-corrected chi connectivity index (χ4v) is 4.16. The largest absolute Gasteiger partial charge is 0.486 e.